The van der Waals surface area contributed by atoms with Crippen molar-refractivity contribution >= 4 is 16.9 Å². The minimum Gasteiger partial charge on any atom is -0.379 e. The SMILES string of the molecule is CC(c1cccnc1)n1c(-c2nonc2N)nc2ccccc21. The van der Waals surface area contributed by atoms with Gasteiger partial charge in [-0.3, -0.25) is 4.98 Å². The predicted octanol–water partition coefficient (Wildman–Crippen LogP) is 2.67. The molecule has 3 aromatic heterocycles. The van der Waals surface area contributed by atoms with Crippen molar-refractivity contribution in [1.29, 1.82) is 0 Å². The smallest absolute Gasteiger partial charge is 0.199 e. The number of anilines is 1. The molecule has 0 saturated carbocycles. The van der Waals surface area contributed by atoms with E-state index in [0.29, 0.717) is 11.5 Å². The zero-order valence-corrected chi connectivity index (χ0v) is 12.4. The summed E-state index contributed by atoms with van der Waals surface area (Å²) in [5.41, 5.74) is 9.22. The van der Waals surface area contributed by atoms with Gasteiger partial charge < -0.3 is 10.3 Å². The minimum atomic E-state index is 0.00204. The Hall–Kier alpha value is -3.22. The van der Waals surface area contributed by atoms with Crippen LogP contribution in [0.2, 0.25) is 0 Å². The summed E-state index contributed by atoms with van der Waals surface area (Å²) >= 11 is 0. The lowest BCUT2D eigenvalue weighted by molar-refractivity contribution is 0.310. The van der Waals surface area contributed by atoms with Crippen LogP contribution in [0.25, 0.3) is 22.6 Å². The van der Waals surface area contributed by atoms with Crippen LogP contribution in [0.1, 0.15) is 18.5 Å². The first-order chi connectivity index (χ1) is 11.3. The van der Waals surface area contributed by atoms with Gasteiger partial charge in [-0.25, -0.2) is 9.61 Å². The Kier molecular flexibility index (Phi) is 3.04. The van der Waals surface area contributed by atoms with Gasteiger partial charge in [0, 0.05) is 12.4 Å². The van der Waals surface area contributed by atoms with Crippen LogP contribution in [0.4, 0.5) is 5.82 Å². The Morgan fingerprint density at radius 2 is 2.00 bits per heavy atom. The topological polar surface area (TPSA) is 95.7 Å². The van der Waals surface area contributed by atoms with E-state index in [4.69, 9.17) is 10.4 Å². The molecule has 0 aliphatic heterocycles. The number of para-hydroxylation sites is 2. The molecule has 0 saturated heterocycles. The first kappa shape index (κ1) is 13.4. The molecule has 7 nitrogen and oxygen atoms in total. The van der Waals surface area contributed by atoms with E-state index < -0.39 is 0 Å². The molecule has 0 bridgehead atoms. The molecule has 1 atom stereocenters. The maximum absolute atomic E-state index is 5.87. The first-order valence-corrected chi connectivity index (χ1v) is 7.21. The number of rotatable bonds is 3. The largest absolute Gasteiger partial charge is 0.379 e. The van der Waals surface area contributed by atoms with E-state index in [0.717, 1.165) is 16.6 Å². The fraction of sp³-hybridized carbons (Fsp3) is 0.125. The zero-order valence-electron chi connectivity index (χ0n) is 12.4. The van der Waals surface area contributed by atoms with Gasteiger partial charge in [0.05, 0.1) is 17.1 Å². The first-order valence-electron chi connectivity index (χ1n) is 7.21. The molecular weight excluding hydrogens is 292 g/mol. The summed E-state index contributed by atoms with van der Waals surface area (Å²) < 4.78 is 6.82. The highest BCUT2D eigenvalue weighted by Crippen LogP contribution is 2.32. The predicted molar refractivity (Wildman–Crippen MR) is 85.5 cm³/mol. The van der Waals surface area contributed by atoms with Gasteiger partial charge in [0.15, 0.2) is 17.3 Å². The van der Waals surface area contributed by atoms with Crippen molar-refractivity contribution in [3.05, 3.63) is 54.4 Å². The molecule has 0 spiro atoms. The summed E-state index contributed by atoms with van der Waals surface area (Å²) in [4.78, 5) is 8.86. The van der Waals surface area contributed by atoms with Gasteiger partial charge in [0.2, 0.25) is 0 Å². The standard InChI is InChI=1S/C16H14N6O/c1-10(11-5-4-8-18-9-11)22-13-7-3-2-6-12(13)19-16(22)14-15(17)21-23-20-14/h2-10H,1H3,(H2,17,21). The normalized spacial score (nSPS) is 12.6. The number of hydrogen-bond donors (Lipinski definition) is 1. The maximum atomic E-state index is 5.87. The molecule has 1 unspecified atom stereocenters. The van der Waals surface area contributed by atoms with Gasteiger partial charge in [-0.15, -0.1) is 0 Å². The highest BCUT2D eigenvalue weighted by molar-refractivity contribution is 5.82. The number of pyridine rings is 1. The van der Waals surface area contributed by atoms with Gasteiger partial charge in [-0.2, -0.15) is 0 Å². The lowest BCUT2D eigenvalue weighted by Gasteiger charge is -2.17. The molecule has 4 aromatic rings. The van der Waals surface area contributed by atoms with Gasteiger partial charge in [-0.1, -0.05) is 18.2 Å². The summed E-state index contributed by atoms with van der Waals surface area (Å²) in [5, 5.41) is 7.57. The van der Waals surface area contributed by atoms with Gasteiger partial charge in [0.25, 0.3) is 0 Å². The molecule has 4 rings (SSSR count). The van der Waals surface area contributed by atoms with E-state index in [1.165, 1.54) is 0 Å². The van der Waals surface area contributed by atoms with Crippen molar-refractivity contribution in [3.63, 3.8) is 0 Å². The molecule has 23 heavy (non-hydrogen) atoms. The molecule has 0 aliphatic rings. The number of imidazole rings is 1. The highest BCUT2D eigenvalue weighted by atomic mass is 16.6. The van der Waals surface area contributed by atoms with Gasteiger partial charge in [0.1, 0.15) is 0 Å². The molecule has 2 N–H and O–H groups in total. The minimum absolute atomic E-state index is 0.00204. The van der Waals surface area contributed by atoms with Crippen LogP contribution in [0.3, 0.4) is 0 Å². The number of nitrogens with zero attached hydrogens (tertiary/aromatic N) is 5. The number of hydrogen-bond acceptors (Lipinski definition) is 6. The van der Waals surface area contributed by atoms with Crippen molar-refractivity contribution in [2.45, 2.75) is 13.0 Å². The third kappa shape index (κ3) is 2.13. The summed E-state index contributed by atoms with van der Waals surface area (Å²) in [6.45, 7) is 2.08. The second-order valence-electron chi connectivity index (χ2n) is 5.25. The van der Waals surface area contributed by atoms with E-state index in [2.05, 4.69) is 31.8 Å². The van der Waals surface area contributed by atoms with E-state index in [1.807, 2.05) is 42.6 Å². The van der Waals surface area contributed by atoms with Crippen LogP contribution in [0, 0.1) is 0 Å². The molecule has 1 aromatic carbocycles. The Bertz CT molecular complexity index is 959. The van der Waals surface area contributed by atoms with E-state index >= 15 is 0 Å². The van der Waals surface area contributed by atoms with E-state index in [-0.39, 0.29) is 11.9 Å². The van der Waals surface area contributed by atoms with E-state index in [1.54, 1.807) is 6.20 Å². The van der Waals surface area contributed by atoms with Crippen LogP contribution in [-0.4, -0.2) is 24.8 Å². The van der Waals surface area contributed by atoms with Crippen molar-refractivity contribution in [2.75, 3.05) is 5.73 Å². The number of benzene rings is 1. The molecule has 114 valence electrons. The lowest BCUT2D eigenvalue weighted by atomic mass is 10.1. The number of fused-ring (bicyclic) bond motifs is 1. The zero-order chi connectivity index (χ0) is 15.8. The van der Waals surface area contributed by atoms with Crippen molar-refractivity contribution in [1.82, 2.24) is 24.8 Å². The highest BCUT2D eigenvalue weighted by Gasteiger charge is 2.22. The van der Waals surface area contributed by atoms with Crippen molar-refractivity contribution in [2.24, 2.45) is 0 Å². The molecular formula is C16H14N6O. The fourth-order valence-electron chi connectivity index (χ4n) is 2.73. The lowest BCUT2D eigenvalue weighted by Crippen LogP contribution is -2.09. The van der Waals surface area contributed by atoms with Crippen LogP contribution in [-0.2, 0) is 0 Å². The Morgan fingerprint density at radius 3 is 2.74 bits per heavy atom. The van der Waals surface area contributed by atoms with Crippen molar-refractivity contribution < 1.29 is 4.63 Å². The number of nitrogen functional groups attached to an aromatic ring is 1. The maximum Gasteiger partial charge on any atom is 0.199 e. The monoisotopic (exact) mass is 306 g/mol. The number of nitrogens with two attached hydrogens (primary N) is 1. The molecule has 7 heteroatoms. The second-order valence-corrected chi connectivity index (χ2v) is 5.25. The second kappa shape index (κ2) is 5.20. The quantitative estimate of drug-likeness (QED) is 0.625. The molecule has 0 amide bonds. The summed E-state index contributed by atoms with van der Waals surface area (Å²) in [6, 6.07) is 11.8. The summed E-state index contributed by atoms with van der Waals surface area (Å²) in [5.74, 6) is 0.848. The van der Waals surface area contributed by atoms with Crippen LogP contribution < -0.4 is 5.73 Å². The summed E-state index contributed by atoms with van der Waals surface area (Å²) in [7, 11) is 0. The summed E-state index contributed by atoms with van der Waals surface area (Å²) in [6.07, 6.45) is 3.59. The average molecular weight is 306 g/mol. The third-order valence-electron chi connectivity index (χ3n) is 3.88. The van der Waals surface area contributed by atoms with Crippen molar-refractivity contribution in [3.8, 4) is 11.5 Å². The third-order valence-corrected chi connectivity index (χ3v) is 3.88. The van der Waals surface area contributed by atoms with Gasteiger partial charge >= 0.3 is 0 Å². The van der Waals surface area contributed by atoms with Crippen LogP contribution in [0.5, 0.6) is 0 Å². The van der Waals surface area contributed by atoms with Crippen LogP contribution in [0.15, 0.2) is 53.4 Å². The molecule has 0 aliphatic carbocycles. The molecule has 0 radical (unpaired) electrons. The Morgan fingerprint density at radius 1 is 1.13 bits per heavy atom. The van der Waals surface area contributed by atoms with Gasteiger partial charge in [-0.05, 0) is 41.0 Å². The number of aromatic nitrogens is 5. The fourth-order valence-corrected chi connectivity index (χ4v) is 2.73. The Balaban J connectivity index is 1.99. The molecule has 0 fully saturated rings. The average Bonchev–Trinajstić information content (AvgIpc) is 3.18. The van der Waals surface area contributed by atoms with E-state index in [9.17, 15) is 0 Å². The Labute approximate surface area is 131 Å². The molecule has 3 heterocycles. The van der Waals surface area contributed by atoms with Crippen LogP contribution >= 0.6 is 0 Å².